The van der Waals surface area contributed by atoms with Crippen molar-refractivity contribution in [3.8, 4) is 0 Å². The van der Waals surface area contributed by atoms with Crippen molar-refractivity contribution in [2.45, 2.75) is 0 Å². The molecule has 0 aliphatic carbocycles. The molecule has 0 fully saturated rings. The van der Waals surface area contributed by atoms with Crippen molar-refractivity contribution in [3.63, 3.8) is 0 Å². The van der Waals surface area contributed by atoms with E-state index in [0.29, 0.717) is 10.4 Å². The Labute approximate surface area is 91.2 Å². The predicted molar refractivity (Wildman–Crippen MR) is 59.4 cm³/mol. The monoisotopic (exact) mass is 216 g/mol. The fourth-order valence-electron chi connectivity index (χ4n) is 1.24. The Morgan fingerprint density at radius 3 is 2.20 bits per heavy atom. The second kappa shape index (κ2) is 4.19. The predicted octanol–water partition coefficient (Wildman–Crippen LogP) is 2.81. The third kappa shape index (κ3) is 2.02. The lowest BCUT2D eigenvalue weighted by molar-refractivity contribution is 0.0819. The zero-order valence-electron chi connectivity index (χ0n) is 7.84. The van der Waals surface area contributed by atoms with E-state index in [9.17, 15) is 9.59 Å². The molecule has 0 saturated carbocycles. The minimum Gasteiger partial charge on any atom is -0.285 e. The average molecular weight is 216 g/mol. The molecule has 2 rings (SSSR count). The third-order valence-corrected chi connectivity index (χ3v) is 2.86. The van der Waals surface area contributed by atoms with Gasteiger partial charge in [-0.15, -0.1) is 11.3 Å². The molecular weight excluding hydrogens is 208 g/mol. The molecule has 0 amide bonds. The van der Waals surface area contributed by atoms with Gasteiger partial charge in [0.25, 0.3) is 0 Å². The van der Waals surface area contributed by atoms with Gasteiger partial charge in [0.2, 0.25) is 11.6 Å². The van der Waals surface area contributed by atoms with E-state index in [1.165, 1.54) is 11.3 Å². The first-order chi connectivity index (χ1) is 7.29. The molecular formula is C12H8O2S. The lowest BCUT2D eigenvalue weighted by Gasteiger charge is -1.96. The van der Waals surface area contributed by atoms with E-state index >= 15 is 0 Å². The van der Waals surface area contributed by atoms with E-state index < -0.39 is 11.6 Å². The maximum Gasteiger partial charge on any atom is 0.243 e. The molecule has 2 aromatic rings. The Bertz CT molecular complexity index is 472. The molecule has 0 aliphatic heterocycles. The van der Waals surface area contributed by atoms with Gasteiger partial charge in [-0.3, -0.25) is 9.59 Å². The molecule has 1 aromatic heterocycles. The van der Waals surface area contributed by atoms with Gasteiger partial charge >= 0.3 is 0 Å². The number of thiophene rings is 1. The van der Waals surface area contributed by atoms with Crippen LogP contribution >= 0.6 is 11.3 Å². The van der Waals surface area contributed by atoms with Gasteiger partial charge < -0.3 is 0 Å². The second-order valence-corrected chi connectivity index (χ2v) is 3.95. The van der Waals surface area contributed by atoms with Crippen molar-refractivity contribution < 1.29 is 9.59 Å². The molecule has 0 radical (unpaired) electrons. The number of hydrogen-bond donors (Lipinski definition) is 0. The summed E-state index contributed by atoms with van der Waals surface area (Å²) in [6.45, 7) is 0. The van der Waals surface area contributed by atoms with Crippen LogP contribution in [0.3, 0.4) is 0 Å². The molecule has 1 aromatic carbocycles. The standard InChI is InChI=1S/C12H8O2S/c13-11(9-5-2-1-3-6-9)12(14)10-7-4-8-15-10/h1-8H. The molecule has 15 heavy (non-hydrogen) atoms. The van der Waals surface area contributed by atoms with Crippen LogP contribution in [0.25, 0.3) is 0 Å². The van der Waals surface area contributed by atoms with Gasteiger partial charge in [-0.05, 0) is 11.4 Å². The highest BCUT2D eigenvalue weighted by Gasteiger charge is 2.18. The molecule has 0 spiro atoms. The Morgan fingerprint density at radius 1 is 0.867 bits per heavy atom. The highest BCUT2D eigenvalue weighted by atomic mass is 32.1. The minimum atomic E-state index is -0.446. The summed E-state index contributed by atoms with van der Waals surface area (Å²) in [5.74, 6) is -0.880. The molecule has 0 aliphatic rings. The minimum absolute atomic E-state index is 0.434. The summed E-state index contributed by atoms with van der Waals surface area (Å²) in [6, 6.07) is 12.0. The largest absolute Gasteiger partial charge is 0.285 e. The summed E-state index contributed by atoms with van der Waals surface area (Å²) >= 11 is 1.28. The first kappa shape index (κ1) is 9.80. The van der Waals surface area contributed by atoms with Crippen LogP contribution in [0.4, 0.5) is 0 Å². The Kier molecular flexibility index (Phi) is 2.74. The quantitative estimate of drug-likeness (QED) is 0.584. The summed E-state index contributed by atoms with van der Waals surface area (Å²) in [4.78, 5) is 23.9. The van der Waals surface area contributed by atoms with Crippen molar-refractivity contribution in [1.29, 1.82) is 0 Å². The summed E-state index contributed by atoms with van der Waals surface area (Å²) < 4.78 is 0. The second-order valence-electron chi connectivity index (χ2n) is 3.00. The zero-order chi connectivity index (χ0) is 10.7. The fourth-order valence-corrected chi connectivity index (χ4v) is 1.90. The van der Waals surface area contributed by atoms with Crippen LogP contribution < -0.4 is 0 Å². The molecule has 0 unspecified atom stereocenters. The van der Waals surface area contributed by atoms with Crippen LogP contribution in [0.15, 0.2) is 47.8 Å². The Hall–Kier alpha value is -1.74. The number of carbonyl (C=O) groups is 2. The van der Waals surface area contributed by atoms with E-state index in [-0.39, 0.29) is 0 Å². The van der Waals surface area contributed by atoms with Crippen molar-refractivity contribution in [2.24, 2.45) is 0 Å². The summed E-state index contributed by atoms with van der Waals surface area (Å²) in [7, 11) is 0. The van der Waals surface area contributed by atoms with Crippen LogP contribution in [0.2, 0.25) is 0 Å². The maximum absolute atomic E-state index is 11.7. The van der Waals surface area contributed by atoms with Gasteiger partial charge in [0.05, 0.1) is 4.88 Å². The van der Waals surface area contributed by atoms with Crippen molar-refractivity contribution in [1.82, 2.24) is 0 Å². The summed E-state index contributed by atoms with van der Waals surface area (Å²) in [5.41, 5.74) is 0.441. The Balaban J connectivity index is 2.27. The first-order valence-electron chi connectivity index (χ1n) is 4.46. The van der Waals surface area contributed by atoms with E-state index in [1.807, 2.05) is 6.07 Å². The molecule has 74 valence electrons. The van der Waals surface area contributed by atoms with E-state index in [1.54, 1.807) is 41.8 Å². The number of ketones is 2. The van der Waals surface area contributed by atoms with Crippen LogP contribution in [0.1, 0.15) is 20.0 Å². The molecule has 2 nitrogen and oxygen atoms in total. The number of carbonyl (C=O) groups excluding carboxylic acids is 2. The molecule has 3 heteroatoms. The normalized spacial score (nSPS) is 9.87. The first-order valence-corrected chi connectivity index (χ1v) is 5.34. The number of benzene rings is 1. The van der Waals surface area contributed by atoms with Crippen LogP contribution in [-0.2, 0) is 0 Å². The molecule has 1 heterocycles. The van der Waals surface area contributed by atoms with Crippen LogP contribution in [0, 0.1) is 0 Å². The van der Waals surface area contributed by atoms with Crippen molar-refractivity contribution in [2.75, 3.05) is 0 Å². The van der Waals surface area contributed by atoms with E-state index in [2.05, 4.69) is 0 Å². The van der Waals surface area contributed by atoms with Crippen molar-refractivity contribution in [3.05, 3.63) is 58.3 Å². The summed E-state index contributed by atoms with van der Waals surface area (Å²) in [6.07, 6.45) is 0. The van der Waals surface area contributed by atoms with Gasteiger partial charge in [0.1, 0.15) is 0 Å². The van der Waals surface area contributed by atoms with Crippen molar-refractivity contribution >= 4 is 22.9 Å². The van der Waals surface area contributed by atoms with Gasteiger partial charge in [0.15, 0.2) is 0 Å². The SMILES string of the molecule is O=C(C(=O)c1cccs1)c1ccccc1. The lowest BCUT2D eigenvalue weighted by Crippen LogP contribution is -2.12. The van der Waals surface area contributed by atoms with Gasteiger partial charge in [-0.1, -0.05) is 36.4 Å². The van der Waals surface area contributed by atoms with Gasteiger partial charge in [-0.25, -0.2) is 0 Å². The number of rotatable bonds is 3. The highest BCUT2D eigenvalue weighted by Crippen LogP contribution is 2.12. The van der Waals surface area contributed by atoms with E-state index in [4.69, 9.17) is 0 Å². The van der Waals surface area contributed by atoms with Crippen LogP contribution in [0.5, 0.6) is 0 Å². The fraction of sp³-hybridized carbons (Fsp3) is 0. The lowest BCUT2D eigenvalue weighted by atomic mass is 10.1. The maximum atomic E-state index is 11.7. The van der Waals surface area contributed by atoms with E-state index in [0.717, 1.165) is 0 Å². The molecule has 0 atom stereocenters. The number of Topliss-reactive ketones (excluding diaryl/α,β-unsaturated/α-hetero) is 2. The zero-order valence-corrected chi connectivity index (χ0v) is 8.66. The van der Waals surface area contributed by atoms with Gasteiger partial charge in [-0.2, -0.15) is 0 Å². The average Bonchev–Trinajstić information content (AvgIpc) is 2.82. The van der Waals surface area contributed by atoms with Crippen LogP contribution in [-0.4, -0.2) is 11.6 Å². The Morgan fingerprint density at radius 2 is 1.60 bits per heavy atom. The summed E-state index contributed by atoms with van der Waals surface area (Å²) in [5, 5.41) is 1.78. The topological polar surface area (TPSA) is 34.1 Å². The highest BCUT2D eigenvalue weighted by molar-refractivity contribution is 7.13. The third-order valence-electron chi connectivity index (χ3n) is 1.99. The molecule has 0 saturated heterocycles. The smallest absolute Gasteiger partial charge is 0.243 e. The van der Waals surface area contributed by atoms with Gasteiger partial charge in [0, 0.05) is 5.56 Å². The molecule has 0 bridgehead atoms. The molecule has 0 N–H and O–H groups in total. The number of hydrogen-bond acceptors (Lipinski definition) is 3.